The highest BCUT2D eigenvalue weighted by atomic mass is 79.9. The van der Waals surface area contributed by atoms with E-state index in [0.717, 1.165) is 4.68 Å². The van der Waals surface area contributed by atoms with Crippen molar-refractivity contribution in [1.82, 2.24) is 15.0 Å². The zero-order valence-corrected chi connectivity index (χ0v) is 11.0. The van der Waals surface area contributed by atoms with Crippen LogP contribution in [0.25, 0.3) is 10.9 Å². The number of carbonyl (C=O) groups excluding carboxylic acids is 1. The van der Waals surface area contributed by atoms with Gasteiger partial charge in [-0.25, -0.2) is 0 Å². The summed E-state index contributed by atoms with van der Waals surface area (Å²) in [7, 11) is 0. The van der Waals surface area contributed by atoms with Gasteiger partial charge in [-0.3, -0.25) is 9.59 Å². The van der Waals surface area contributed by atoms with E-state index < -0.39 is 5.97 Å². The number of halogens is 1. The van der Waals surface area contributed by atoms with E-state index >= 15 is 0 Å². The molecule has 0 spiro atoms. The molecule has 0 saturated heterocycles. The largest absolute Gasteiger partial charge is 0.442 e. The van der Waals surface area contributed by atoms with Crippen LogP contribution in [0.5, 0.6) is 0 Å². The van der Waals surface area contributed by atoms with Crippen molar-refractivity contribution in [3.8, 4) is 0 Å². The zero-order chi connectivity index (χ0) is 13.0. The Hall–Kier alpha value is -1.76. The van der Waals surface area contributed by atoms with Crippen LogP contribution in [0.1, 0.15) is 6.42 Å². The summed E-state index contributed by atoms with van der Waals surface area (Å²) >= 11 is 3.13. The molecule has 94 valence electrons. The normalized spacial score (nSPS) is 10.5. The Morgan fingerprint density at radius 1 is 1.39 bits per heavy atom. The monoisotopic (exact) mass is 311 g/mol. The lowest BCUT2D eigenvalue weighted by atomic mass is 10.2. The number of aromatic nitrogens is 3. The molecular formula is C11H10BrN3O3. The maximum atomic E-state index is 12.0. The lowest BCUT2D eigenvalue weighted by Crippen LogP contribution is -2.26. The summed E-state index contributed by atoms with van der Waals surface area (Å²) < 4.78 is 5.91. The van der Waals surface area contributed by atoms with Crippen molar-refractivity contribution < 1.29 is 9.53 Å². The molecule has 0 fully saturated rings. The lowest BCUT2D eigenvalue weighted by Gasteiger charge is -2.05. The van der Waals surface area contributed by atoms with E-state index in [2.05, 4.69) is 26.2 Å². The molecule has 0 N–H and O–H groups in total. The number of hydrogen-bond donors (Lipinski definition) is 0. The fourth-order valence-electron chi connectivity index (χ4n) is 1.39. The van der Waals surface area contributed by atoms with Crippen molar-refractivity contribution in [2.45, 2.75) is 13.2 Å². The molecule has 0 radical (unpaired) electrons. The number of benzene rings is 1. The SMILES string of the molecule is O=C(CCBr)OCn1nnc2ccccc2c1=O. The van der Waals surface area contributed by atoms with E-state index in [1.165, 1.54) is 0 Å². The number of nitrogens with zero attached hydrogens (tertiary/aromatic N) is 3. The molecule has 0 aliphatic carbocycles. The Morgan fingerprint density at radius 3 is 2.94 bits per heavy atom. The summed E-state index contributed by atoms with van der Waals surface area (Å²) in [5, 5.41) is 8.55. The fraction of sp³-hybridized carbons (Fsp3) is 0.273. The number of alkyl halides is 1. The molecule has 6 nitrogen and oxygen atoms in total. The predicted molar refractivity (Wildman–Crippen MR) is 68.3 cm³/mol. The molecule has 7 heteroatoms. The van der Waals surface area contributed by atoms with Gasteiger partial charge in [-0.15, -0.1) is 5.10 Å². The van der Waals surface area contributed by atoms with Crippen molar-refractivity contribution >= 4 is 32.8 Å². The number of fused-ring (bicyclic) bond motifs is 1. The topological polar surface area (TPSA) is 74.1 Å². The third kappa shape index (κ3) is 2.73. The van der Waals surface area contributed by atoms with E-state index in [1.54, 1.807) is 24.3 Å². The van der Waals surface area contributed by atoms with Gasteiger partial charge in [-0.2, -0.15) is 4.68 Å². The Kier molecular flexibility index (Phi) is 4.03. The van der Waals surface area contributed by atoms with Gasteiger partial charge >= 0.3 is 5.97 Å². The summed E-state index contributed by atoms with van der Waals surface area (Å²) in [4.78, 5) is 23.1. The van der Waals surface area contributed by atoms with Crippen molar-refractivity contribution in [3.05, 3.63) is 34.6 Å². The molecule has 0 bridgehead atoms. The zero-order valence-electron chi connectivity index (χ0n) is 9.38. The van der Waals surface area contributed by atoms with Crippen LogP contribution in [0, 0.1) is 0 Å². The van der Waals surface area contributed by atoms with Crippen molar-refractivity contribution in [2.24, 2.45) is 0 Å². The number of rotatable bonds is 4. The van der Waals surface area contributed by atoms with Crippen LogP contribution in [-0.4, -0.2) is 26.3 Å². The average molecular weight is 312 g/mol. The minimum absolute atomic E-state index is 0.220. The molecule has 1 aromatic heterocycles. The number of ether oxygens (including phenoxy) is 1. The van der Waals surface area contributed by atoms with Gasteiger partial charge in [-0.05, 0) is 12.1 Å². The molecule has 0 aliphatic rings. The fourth-order valence-corrected chi connectivity index (χ4v) is 1.71. The molecule has 0 atom stereocenters. The van der Waals surface area contributed by atoms with E-state index in [0.29, 0.717) is 16.2 Å². The van der Waals surface area contributed by atoms with Gasteiger partial charge in [-0.1, -0.05) is 33.3 Å². The first-order chi connectivity index (χ1) is 8.72. The summed E-state index contributed by atoms with van der Waals surface area (Å²) in [6.07, 6.45) is 0.246. The van der Waals surface area contributed by atoms with Crippen LogP contribution in [-0.2, 0) is 16.3 Å². The second-order valence-electron chi connectivity index (χ2n) is 3.50. The van der Waals surface area contributed by atoms with Gasteiger partial charge in [0.25, 0.3) is 5.56 Å². The summed E-state index contributed by atoms with van der Waals surface area (Å²) in [5.41, 5.74) is 0.192. The van der Waals surface area contributed by atoms with E-state index in [-0.39, 0.29) is 18.7 Å². The van der Waals surface area contributed by atoms with Crippen LogP contribution in [0.3, 0.4) is 0 Å². The van der Waals surface area contributed by atoms with Crippen molar-refractivity contribution in [1.29, 1.82) is 0 Å². The van der Waals surface area contributed by atoms with E-state index in [9.17, 15) is 9.59 Å². The molecule has 0 saturated carbocycles. The summed E-state index contributed by atoms with van der Waals surface area (Å²) in [6, 6.07) is 6.87. The van der Waals surface area contributed by atoms with E-state index in [1.807, 2.05) is 0 Å². The smallest absolute Gasteiger partial charge is 0.308 e. The Labute approximate surface area is 111 Å². The minimum atomic E-state index is -0.395. The van der Waals surface area contributed by atoms with Gasteiger partial charge in [0.2, 0.25) is 0 Å². The third-order valence-electron chi connectivity index (χ3n) is 2.28. The second kappa shape index (κ2) is 5.72. The maximum Gasteiger partial charge on any atom is 0.308 e. The Balaban J connectivity index is 2.22. The minimum Gasteiger partial charge on any atom is -0.442 e. The highest BCUT2D eigenvalue weighted by Gasteiger charge is 2.07. The van der Waals surface area contributed by atoms with Crippen molar-refractivity contribution in [2.75, 3.05) is 5.33 Å². The first-order valence-corrected chi connectivity index (χ1v) is 6.38. The first kappa shape index (κ1) is 12.7. The predicted octanol–water partition coefficient (Wildman–Crippen LogP) is 1.08. The maximum absolute atomic E-state index is 12.0. The second-order valence-corrected chi connectivity index (χ2v) is 4.29. The van der Waals surface area contributed by atoms with Gasteiger partial charge in [0, 0.05) is 5.33 Å². The molecule has 1 heterocycles. The van der Waals surface area contributed by atoms with Crippen LogP contribution in [0.2, 0.25) is 0 Å². The van der Waals surface area contributed by atoms with Gasteiger partial charge in [0.15, 0.2) is 6.73 Å². The molecule has 18 heavy (non-hydrogen) atoms. The molecule has 0 unspecified atom stereocenters. The van der Waals surface area contributed by atoms with Gasteiger partial charge < -0.3 is 4.74 Å². The molecule has 2 aromatic rings. The Morgan fingerprint density at radius 2 is 2.17 bits per heavy atom. The van der Waals surface area contributed by atoms with Crippen molar-refractivity contribution in [3.63, 3.8) is 0 Å². The molecule has 1 aromatic carbocycles. The first-order valence-electron chi connectivity index (χ1n) is 5.26. The molecule has 2 rings (SSSR count). The lowest BCUT2D eigenvalue weighted by molar-refractivity contribution is -0.147. The number of esters is 1. The third-order valence-corrected chi connectivity index (χ3v) is 2.67. The number of carbonyl (C=O) groups is 1. The molecular weight excluding hydrogens is 302 g/mol. The highest BCUT2D eigenvalue weighted by Crippen LogP contribution is 2.03. The number of hydrogen-bond acceptors (Lipinski definition) is 5. The standard InChI is InChI=1S/C11H10BrN3O3/c12-6-5-10(16)18-7-15-11(17)8-3-1-2-4-9(8)13-14-15/h1-4H,5-7H2. The summed E-state index contributed by atoms with van der Waals surface area (Å²) in [5.74, 6) is -0.395. The van der Waals surface area contributed by atoms with Crippen LogP contribution in [0.15, 0.2) is 29.1 Å². The van der Waals surface area contributed by atoms with Crippen LogP contribution < -0.4 is 5.56 Å². The van der Waals surface area contributed by atoms with Gasteiger partial charge in [0.1, 0.15) is 5.52 Å². The molecule has 0 amide bonds. The quantitative estimate of drug-likeness (QED) is 0.624. The van der Waals surface area contributed by atoms with Gasteiger partial charge in [0.05, 0.1) is 11.8 Å². The average Bonchev–Trinajstić information content (AvgIpc) is 2.39. The molecule has 0 aliphatic heterocycles. The summed E-state index contributed by atoms with van der Waals surface area (Å²) in [6.45, 7) is -0.220. The van der Waals surface area contributed by atoms with Crippen LogP contribution >= 0.6 is 15.9 Å². The van der Waals surface area contributed by atoms with E-state index in [4.69, 9.17) is 4.74 Å². The highest BCUT2D eigenvalue weighted by molar-refractivity contribution is 9.09. The Bertz CT molecular complexity index is 626. The van der Waals surface area contributed by atoms with Crippen LogP contribution in [0.4, 0.5) is 0 Å².